The summed E-state index contributed by atoms with van der Waals surface area (Å²) in [6, 6.07) is 10.5. The molecular weight excluding hydrogens is 434 g/mol. The largest absolute Gasteiger partial charge is 0.361 e. The summed E-state index contributed by atoms with van der Waals surface area (Å²) >= 11 is 3.40. The number of benzene rings is 1. The highest BCUT2D eigenvalue weighted by Crippen LogP contribution is 2.21. The highest BCUT2D eigenvalue weighted by atomic mass is 79.9. The predicted octanol–water partition coefficient (Wildman–Crippen LogP) is 2.96. The van der Waals surface area contributed by atoms with Crippen molar-refractivity contribution in [2.45, 2.75) is 12.5 Å². The van der Waals surface area contributed by atoms with Crippen LogP contribution in [-0.2, 0) is 11.2 Å². The van der Waals surface area contributed by atoms with Gasteiger partial charge in [0.1, 0.15) is 11.7 Å². The van der Waals surface area contributed by atoms with Gasteiger partial charge in [0.05, 0.1) is 9.99 Å². The van der Waals surface area contributed by atoms with Crippen molar-refractivity contribution in [2.75, 3.05) is 7.05 Å². The van der Waals surface area contributed by atoms with Crippen LogP contribution in [0.25, 0.3) is 21.8 Å². The van der Waals surface area contributed by atoms with Crippen molar-refractivity contribution in [1.29, 1.82) is 0 Å². The number of halogens is 1. The Bertz CT molecular complexity index is 1220. The SMILES string of the molecule is CNC(=O)[C@H](Cc1c[nH]c2ccccc12)NC(=O)c1ccc2cncc(Br)c2n1. The summed E-state index contributed by atoms with van der Waals surface area (Å²) in [5.41, 5.74) is 2.81. The number of carbonyl (C=O) groups is 2. The molecule has 1 aromatic carbocycles. The molecule has 0 aliphatic rings. The second kappa shape index (κ2) is 8.00. The van der Waals surface area contributed by atoms with Crippen molar-refractivity contribution in [3.8, 4) is 0 Å². The Morgan fingerprint density at radius 1 is 1.17 bits per heavy atom. The van der Waals surface area contributed by atoms with Gasteiger partial charge in [-0.1, -0.05) is 18.2 Å². The van der Waals surface area contributed by atoms with Crippen molar-refractivity contribution >= 4 is 49.6 Å². The third-order valence-corrected chi connectivity index (χ3v) is 5.33. The van der Waals surface area contributed by atoms with Gasteiger partial charge in [-0.05, 0) is 39.7 Å². The normalized spacial score (nSPS) is 12.1. The maximum absolute atomic E-state index is 12.8. The molecule has 3 heterocycles. The first-order valence-electron chi connectivity index (χ1n) is 9.04. The van der Waals surface area contributed by atoms with Crippen LogP contribution in [0, 0.1) is 0 Å². The Hall–Kier alpha value is -3.26. The van der Waals surface area contributed by atoms with Crippen LogP contribution >= 0.6 is 15.9 Å². The summed E-state index contributed by atoms with van der Waals surface area (Å²) in [7, 11) is 1.55. The molecule has 0 bridgehead atoms. The van der Waals surface area contributed by atoms with Gasteiger partial charge in [-0.2, -0.15) is 0 Å². The Balaban J connectivity index is 1.60. The second-order valence-electron chi connectivity index (χ2n) is 6.59. The van der Waals surface area contributed by atoms with Crippen LogP contribution in [0.4, 0.5) is 0 Å². The number of aromatic amines is 1. The van der Waals surface area contributed by atoms with Gasteiger partial charge < -0.3 is 15.6 Å². The first-order valence-corrected chi connectivity index (χ1v) is 9.84. The monoisotopic (exact) mass is 451 g/mol. The number of para-hydroxylation sites is 1. The number of fused-ring (bicyclic) bond motifs is 2. The van der Waals surface area contributed by atoms with Crippen LogP contribution in [0.5, 0.6) is 0 Å². The van der Waals surface area contributed by atoms with Crippen LogP contribution in [0.1, 0.15) is 16.1 Å². The molecule has 4 aromatic rings. The van der Waals surface area contributed by atoms with Gasteiger partial charge in [-0.15, -0.1) is 0 Å². The minimum Gasteiger partial charge on any atom is -0.361 e. The van der Waals surface area contributed by atoms with Gasteiger partial charge in [-0.25, -0.2) is 4.98 Å². The van der Waals surface area contributed by atoms with E-state index in [9.17, 15) is 9.59 Å². The van der Waals surface area contributed by atoms with E-state index in [4.69, 9.17) is 0 Å². The number of pyridine rings is 2. The van der Waals surface area contributed by atoms with E-state index in [1.165, 1.54) is 0 Å². The summed E-state index contributed by atoms with van der Waals surface area (Å²) in [5.74, 6) is -0.682. The molecule has 7 nitrogen and oxygen atoms in total. The number of hydrogen-bond acceptors (Lipinski definition) is 4. The van der Waals surface area contributed by atoms with Crippen molar-refractivity contribution in [3.05, 3.63) is 70.7 Å². The van der Waals surface area contributed by atoms with Gasteiger partial charge in [0.25, 0.3) is 5.91 Å². The maximum Gasteiger partial charge on any atom is 0.270 e. The summed E-state index contributed by atoms with van der Waals surface area (Å²) in [6.45, 7) is 0. The summed E-state index contributed by atoms with van der Waals surface area (Å²) in [5, 5.41) is 7.28. The molecule has 0 spiro atoms. The Kier molecular flexibility index (Phi) is 5.26. The lowest BCUT2D eigenvalue weighted by atomic mass is 10.0. The van der Waals surface area contributed by atoms with E-state index in [1.54, 1.807) is 31.6 Å². The number of nitrogens with zero attached hydrogens (tertiary/aromatic N) is 2. The van der Waals surface area contributed by atoms with E-state index in [0.29, 0.717) is 16.4 Å². The molecule has 3 aromatic heterocycles. The molecule has 3 N–H and O–H groups in total. The van der Waals surface area contributed by atoms with Crippen molar-refractivity contribution < 1.29 is 9.59 Å². The third-order valence-electron chi connectivity index (χ3n) is 4.75. The molecule has 0 saturated carbocycles. The molecule has 4 rings (SSSR count). The standard InChI is InChI=1S/C21H18BrN5O2/c1-23-20(28)18(8-13-10-25-16-5-3-2-4-14(13)16)27-21(29)17-7-6-12-9-24-11-15(22)19(12)26-17/h2-7,9-11,18,25H,8H2,1H3,(H,23,28)(H,27,29)/t18-/m0/s1. The number of likely N-dealkylation sites (N-methyl/N-ethyl adjacent to an activating group) is 1. The topological polar surface area (TPSA) is 99.8 Å². The molecule has 0 aliphatic heterocycles. The molecule has 0 saturated heterocycles. The molecule has 0 aliphatic carbocycles. The van der Waals surface area contributed by atoms with Gasteiger partial charge in [0.15, 0.2) is 0 Å². The number of nitrogens with one attached hydrogen (secondary N) is 3. The summed E-state index contributed by atoms with van der Waals surface area (Å²) in [4.78, 5) is 37.0. The fourth-order valence-electron chi connectivity index (χ4n) is 3.27. The molecule has 146 valence electrons. The van der Waals surface area contributed by atoms with E-state index >= 15 is 0 Å². The Morgan fingerprint density at radius 2 is 2.00 bits per heavy atom. The average molecular weight is 452 g/mol. The molecule has 0 radical (unpaired) electrons. The summed E-state index contributed by atoms with van der Waals surface area (Å²) in [6.07, 6.45) is 5.53. The lowest BCUT2D eigenvalue weighted by Gasteiger charge is -2.17. The zero-order valence-corrected chi connectivity index (χ0v) is 17.2. The van der Waals surface area contributed by atoms with Crippen molar-refractivity contribution in [1.82, 2.24) is 25.6 Å². The van der Waals surface area contributed by atoms with E-state index in [2.05, 4.69) is 41.5 Å². The lowest BCUT2D eigenvalue weighted by molar-refractivity contribution is -0.122. The second-order valence-corrected chi connectivity index (χ2v) is 7.45. The molecular formula is C21H18BrN5O2. The Labute approximate surface area is 175 Å². The minimum atomic E-state index is -0.731. The average Bonchev–Trinajstić information content (AvgIpc) is 3.15. The predicted molar refractivity (Wildman–Crippen MR) is 115 cm³/mol. The molecule has 2 amide bonds. The Morgan fingerprint density at radius 3 is 2.83 bits per heavy atom. The molecule has 1 atom stereocenters. The van der Waals surface area contributed by atoms with E-state index in [-0.39, 0.29) is 11.6 Å². The zero-order valence-electron chi connectivity index (χ0n) is 15.6. The van der Waals surface area contributed by atoms with Crippen LogP contribution in [0.3, 0.4) is 0 Å². The van der Waals surface area contributed by atoms with E-state index in [1.807, 2.05) is 30.5 Å². The molecule has 8 heteroatoms. The molecule has 29 heavy (non-hydrogen) atoms. The number of rotatable bonds is 5. The maximum atomic E-state index is 12.8. The van der Waals surface area contributed by atoms with Crippen LogP contribution in [-0.4, -0.2) is 39.9 Å². The quantitative estimate of drug-likeness (QED) is 0.434. The number of H-pyrrole nitrogens is 1. The molecule has 0 fully saturated rings. The first kappa shape index (κ1) is 19.1. The molecule has 0 unspecified atom stereocenters. The van der Waals surface area contributed by atoms with Crippen LogP contribution in [0.15, 0.2) is 59.5 Å². The van der Waals surface area contributed by atoms with Gasteiger partial charge in [-0.3, -0.25) is 14.6 Å². The fourth-order valence-corrected chi connectivity index (χ4v) is 3.71. The third kappa shape index (κ3) is 3.84. The van der Waals surface area contributed by atoms with Gasteiger partial charge in [0, 0.05) is 48.3 Å². The van der Waals surface area contributed by atoms with E-state index < -0.39 is 11.9 Å². The van der Waals surface area contributed by atoms with Gasteiger partial charge in [0.2, 0.25) is 5.91 Å². The fraction of sp³-hybridized carbons (Fsp3) is 0.143. The zero-order chi connectivity index (χ0) is 20.4. The highest BCUT2D eigenvalue weighted by Gasteiger charge is 2.23. The van der Waals surface area contributed by atoms with E-state index in [0.717, 1.165) is 21.9 Å². The van der Waals surface area contributed by atoms with Crippen LogP contribution < -0.4 is 10.6 Å². The smallest absolute Gasteiger partial charge is 0.270 e. The lowest BCUT2D eigenvalue weighted by Crippen LogP contribution is -2.47. The highest BCUT2D eigenvalue weighted by molar-refractivity contribution is 9.10. The number of aromatic nitrogens is 3. The minimum absolute atomic E-state index is 0.234. The number of carbonyl (C=O) groups excluding carboxylic acids is 2. The number of hydrogen-bond donors (Lipinski definition) is 3. The van der Waals surface area contributed by atoms with Crippen LogP contribution in [0.2, 0.25) is 0 Å². The van der Waals surface area contributed by atoms with Gasteiger partial charge >= 0.3 is 0 Å². The first-order chi connectivity index (χ1) is 14.1. The van der Waals surface area contributed by atoms with Crippen molar-refractivity contribution in [2.24, 2.45) is 0 Å². The van der Waals surface area contributed by atoms with Crippen molar-refractivity contribution in [3.63, 3.8) is 0 Å². The number of amides is 2. The summed E-state index contributed by atoms with van der Waals surface area (Å²) < 4.78 is 0.700.